The molecule has 0 aromatic rings. The van der Waals surface area contributed by atoms with Crippen LogP contribution in [0.25, 0.3) is 0 Å². The molecule has 2 heteroatoms. The molecule has 21 heavy (non-hydrogen) atoms. The summed E-state index contributed by atoms with van der Waals surface area (Å²) in [6.45, 7) is 4.53. The summed E-state index contributed by atoms with van der Waals surface area (Å²) in [5, 5.41) is 8.60. The lowest BCUT2D eigenvalue weighted by molar-refractivity contribution is -0.137. The summed E-state index contributed by atoms with van der Waals surface area (Å²) < 4.78 is 0. The highest BCUT2D eigenvalue weighted by atomic mass is 16.4. The van der Waals surface area contributed by atoms with Crippen molar-refractivity contribution in [3.8, 4) is 0 Å². The number of hydrogen-bond acceptors (Lipinski definition) is 1. The molecular formula is C19H38O2. The summed E-state index contributed by atoms with van der Waals surface area (Å²) in [5.74, 6) is 0.0415. The van der Waals surface area contributed by atoms with Gasteiger partial charge in [-0.3, -0.25) is 4.79 Å². The molecular weight excluding hydrogens is 260 g/mol. The Hall–Kier alpha value is -0.530. The van der Waals surface area contributed by atoms with Crippen LogP contribution in [-0.4, -0.2) is 11.1 Å². The zero-order valence-corrected chi connectivity index (χ0v) is 14.5. The maximum Gasteiger partial charge on any atom is 0.303 e. The molecule has 0 saturated carbocycles. The molecule has 1 atom stereocenters. The summed E-state index contributed by atoms with van der Waals surface area (Å²) >= 11 is 0. The third-order valence-corrected chi connectivity index (χ3v) is 4.39. The van der Waals surface area contributed by atoms with Crippen LogP contribution in [0.15, 0.2) is 0 Å². The summed E-state index contributed by atoms with van der Waals surface area (Å²) in [6.07, 6.45) is 18.9. The van der Waals surface area contributed by atoms with Crippen molar-refractivity contribution in [2.45, 2.75) is 110 Å². The number of rotatable bonds is 16. The first-order chi connectivity index (χ1) is 10.2. The summed E-state index contributed by atoms with van der Waals surface area (Å²) in [5.41, 5.74) is 0. The lowest BCUT2D eigenvalue weighted by atomic mass is 9.96. The van der Waals surface area contributed by atoms with E-state index in [0.29, 0.717) is 12.3 Å². The van der Waals surface area contributed by atoms with Gasteiger partial charge in [-0.1, -0.05) is 97.3 Å². The third kappa shape index (κ3) is 17.4. The molecule has 0 aliphatic carbocycles. The number of carboxylic acid groups (broad SMARTS) is 1. The molecule has 126 valence electrons. The second-order valence-corrected chi connectivity index (χ2v) is 6.72. The predicted octanol–water partition coefficient (Wildman–Crippen LogP) is 6.58. The fourth-order valence-electron chi connectivity index (χ4n) is 2.90. The Morgan fingerprint density at radius 3 is 1.67 bits per heavy atom. The van der Waals surface area contributed by atoms with Gasteiger partial charge in [-0.05, 0) is 12.3 Å². The van der Waals surface area contributed by atoms with Crippen molar-refractivity contribution < 1.29 is 9.90 Å². The van der Waals surface area contributed by atoms with E-state index in [1.54, 1.807) is 0 Å². The average Bonchev–Trinajstić information content (AvgIpc) is 2.44. The van der Waals surface area contributed by atoms with Crippen LogP contribution in [0.1, 0.15) is 110 Å². The van der Waals surface area contributed by atoms with E-state index >= 15 is 0 Å². The maximum atomic E-state index is 10.4. The summed E-state index contributed by atoms with van der Waals surface area (Å²) in [6, 6.07) is 0. The van der Waals surface area contributed by atoms with Crippen LogP contribution < -0.4 is 0 Å². The van der Waals surface area contributed by atoms with Gasteiger partial charge in [0.2, 0.25) is 0 Å². The van der Waals surface area contributed by atoms with Gasteiger partial charge in [0, 0.05) is 6.42 Å². The van der Waals surface area contributed by atoms with Crippen molar-refractivity contribution in [3.05, 3.63) is 0 Å². The average molecular weight is 299 g/mol. The van der Waals surface area contributed by atoms with Crippen LogP contribution in [0.2, 0.25) is 0 Å². The molecule has 0 fully saturated rings. The number of hydrogen-bond donors (Lipinski definition) is 1. The summed E-state index contributed by atoms with van der Waals surface area (Å²) in [4.78, 5) is 10.4. The van der Waals surface area contributed by atoms with Crippen LogP contribution >= 0.6 is 0 Å². The second kappa shape index (κ2) is 15.9. The fourth-order valence-corrected chi connectivity index (χ4v) is 2.90. The van der Waals surface area contributed by atoms with Gasteiger partial charge in [0.15, 0.2) is 0 Å². The molecule has 0 aliphatic rings. The van der Waals surface area contributed by atoms with E-state index in [0.717, 1.165) is 12.8 Å². The highest BCUT2D eigenvalue weighted by molar-refractivity contribution is 5.66. The van der Waals surface area contributed by atoms with Crippen molar-refractivity contribution in [1.82, 2.24) is 0 Å². The van der Waals surface area contributed by atoms with Crippen molar-refractivity contribution in [1.29, 1.82) is 0 Å². The number of carbonyl (C=O) groups is 1. The van der Waals surface area contributed by atoms with Crippen LogP contribution in [0.3, 0.4) is 0 Å². The molecule has 0 aromatic carbocycles. The highest BCUT2D eigenvalue weighted by Crippen LogP contribution is 2.17. The van der Waals surface area contributed by atoms with Crippen molar-refractivity contribution in [3.63, 3.8) is 0 Å². The monoisotopic (exact) mass is 298 g/mol. The molecule has 0 heterocycles. The highest BCUT2D eigenvalue weighted by Gasteiger charge is 2.04. The Morgan fingerprint density at radius 2 is 1.19 bits per heavy atom. The first kappa shape index (κ1) is 20.5. The minimum atomic E-state index is -0.656. The molecule has 0 aliphatic heterocycles. The first-order valence-corrected chi connectivity index (χ1v) is 9.38. The topological polar surface area (TPSA) is 37.3 Å². The molecule has 0 bridgehead atoms. The van der Waals surface area contributed by atoms with Gasteiger partial charge >= 0.3 is 5.97 Å². The van der Waals surface area contributed by atoms with Crippen LogP contribution in [0, 0.1) is 5.92 Å². The SMILES string of the molecule is CCCCCCCCCCCCCC(C)CCCC(=O)O. The van der Waals surface area contributed by atoms with Crippen molar-refractivity contribution >= 4 is 5.97 Å². The molecule has 0 saturated heterocycles. The molecule has 0 rings (SSSR count). The van der Waals surface area contributed by atoms with Crippen molar-refractivity contribution in [2.24, 2.45) is 5.92 Å². The minimum absolute atomic E-state index is 0.336. The van der Waals surface area contributed by atoms with Gasteiger partial charge in [-0.25, -0.2) is 0 Å². The van der Waals surface area contributed by atoms with Crippen LogP contribution in [0.5, 0.6) is 0 Å². The van der Waals surface area contributed by atoms with Crippen LogP contribution in [-0.2, 0) is 4.79 Å². The number of aliphatic carboxylic acids is 1. The number of carboxylic acids is 1. The zero-order chi connectivity index (χ0) is 15.8. The second-order valence-electron chi connectivity index (χ2n) is 6.72. The Labute approximate surface area is 132 Å². The smallest absolute Gasteiger partial charge is 0.303 e. The predicted molar refractivity (Wildman–Crippen MR) is 91.7 cm³/mol. The fraction of sp³-hybridized carbons (Fsp3) is 0.947. The van der Waals surface area contributed by atoms with Crippen LogP contribution in [0.4, 0.5) is 0 Å². The largest absolute Gasteiger partial charge is 0.481 e. The Kier molecular flexibility index (Phi) is 15.5. The molecule has 0 spiro atoms. The van der Waals surface area contributed by atoms with Gasteiger partial charge in [0.05, 0.1) is 0 Å². The van der Waals surface area contributed by atoms with E-state index < -0.39 is 5.97 Å². The number of unbranched alkanes of at least 4 members (excludes halogenated alkanes) is 10. The third-order valence-electron chi connectivity index (χ3n) is 4.39. The normalized spacial score (nSPS) is 12.5. The van der Waals surface area contributed by atoms with E-state index in [-0.39, 0.29) is 0 Å². The quantitative estimate of drug-likeness (QED) is 0.327. The molecule has 1 unspecified atom stereocenters. The van der Waals surface area contributed by atoms with Gasteiger partial charge in [-0.2, -0.15) is 0 Å². The lowest BCUT2D eigenvalue weighted by Gasteiger charge is -2.10. The first-order valence-electron chi connectivity index (χ1n) is 9.38. The van der Waals surface area contributed by atoms with E-state index in [4.69, 9.17) is 5.11 Å². The van der Waals surface area contributed by atoms with Crippen molar-refractivity contribution in [2.75, 3.05) is 0 Å². The standard InChI is InChI=1S/C19H38O2/c1-3-4-5-6-7-8-9-10-11-12-13-15-18(2)16-14-17-19(20)21/h18H,3-17H2,1-2H3,(H,20,21). The molecule has 2 nitrogen and oxygen atoms in total. The minimum Gasteiger partial charge on any atom is -0.481 e. The Bertz CT molecular complexity index is 226. The van der Waals surface area contributed by atoms with E-state index in [9.17, 15) is 4.79 Å². The van der Waals surface area contributed by atoms with E-state index in [1.807, 2.05) is 0 Å². The van der Waals surface area contributed by atoms with E-state index in [1.165, 1.54) is 77.0 Å². The molecule has 0 aromatic heterocycles. The Morgan fingerprint density at radius 1 is 0.762 bits per heavy atom. The summed E-state index contributed by atoms with van der Waals surface area (Å²) in [7, 11) is 0. The van der Waals surface area contributed by atoms with Gasteiger partial charge in [-0.15, -0.1) is 0 Å². The van der Waals surface area contributed by atoms with Gasteiger partial charge < -0.3 is 5.11 Å². The molecule has 0 radical (unpaired) electrons. The van der Waals surface area contributed by atoms with E-state index in [2.05, 4.69) is 13.8 Å². The van der Waals surface area contributed by atoms with Gasteiger partial charge in [0.1, 0.15) is 0 Å². The lowest BCUT2D eigenvalue weighted by Crippen LogP contribution is -1.99. The molecule has 1 N–H and O–H groups in total. The maximum absolute atomic E-state index is 10.4. The molecule has 0 amide bonds. The Balaban J connectivity index is 3.12. The van der Waals surface area contributed by atoms with Gasteiger partial charge in [0.25, 0.3) is 0 Å². The zero-order valence-electron chi connectivity index (χ0n) is 14.5.